The maximum Gasteiger partial charge on any atom is 0.206 e. The maximum atomic E-state index is 13.3. The molecule has 0 saturated carbocycles. The largest absolute Gasteiger partial charge is 0.376 e. The molecule has 0 N–H and O–H groups in total. The fraction of sp³-hybridized carbons (Fsp3) is 0.250. The number of halogens is 1. The van der Waals surface area contributed by atoms with Crippen LogP contribution in [0, 0.1) is 5.82 Å². The molecule has 1 atom stereocenters. The van der Waals surface area contributed by atoms with Gasteiger partial charge in [0.15, 0.2) is 0 Å². The first kappa shape index (κ1) is 17.8. The van der Waals surface area contributed by atoms with Gasteiger partial charge in [0.1, 0.15) is 5.82 Å². The second-order valence-electron chi connectivity index (χ2n) is 6.20. The fourth-order valence-corrected chi connectivity index (χ4v) is 3.72. The molecule has 5 nitrogen and oxygen atoms in total. The smallest absolute Gasteiger partial charge is 0.206 e. The molecule has 138 valence electrons. The number of ether oxygens (including phenoxy) is 1. The zero-order valence-electron chi connectivity index (χ0n) is 14.7. The lowest BCUT2D eigenvalue weighted by Crippen LogP contribution is -2.17. The Bertz CT molecular complexity index is 973. The summed E-state index contributed by atoms with van der Waals surface area (Å²) in [5.41, 5.74) is 2.49. The van der Waals surface area contributed by atoms with Crippen molar-refractivity contribution in [2.45, 2.75) is 18.9 Å². The highest BCUT2D eigenvalue weighted by molar-refractivity contribution is 7.07. The average Bonchev–Trinajstić information content (AvgIpc) is 3.36. The predicted molar refractivity (Wildman–Crippen MR) is 104 cm³/mol. The van der Waals surface area contributed by atoms with Crippen LogP contribution in [0.5, 0.6) is 0 Å². The van der Waals surface area contributed by atoms with Crippen LogP contribution in [0.1, 0.15) is 18.5 Å². The van der Waals surface area contributed by atoms with E-state index in [0.29, 0.717) is 6.54 Å². The second kappa shape index (κ2) is 8.37. The van der Waals surface area contributed by atoms with Crippen LogP contribution in [0.15, 0.2) is 64.1 Å². The first-order chi connectivity index (χ1) is 13.3. The molecule has 1 aromatic carbocycles. The molecule has 0 amide bonds. The van der Waals surface area contributed by atoms with Gasteiger partial charge in [-0.3, -0.25) is 9.98 Å². The summed E-state index contributed by atoms with van der Waals surface area (Å²) in [4.78, 5) is 9.76. The zero-order valence-corrected chi connectivity index (χ0v) is 15.5. The Morgan fingerprint density at radius 3 is 2.89 bits per heavy atom. The van der Waals surface area contributed by atoms with E-state index in [0.717, 1.165) is 41.2 Å². The highest BCUT2D eigenvalue weighted by Gasteiger charge is 2.15. The zero-order chi connectivity index (χ0) is 18.5. The van der Waals surface area contributed by atoms with Crippen molar-refractivity contribution in [1.82, 2.24) is 9.66 Å². The van der Waals surface area contributed by atoms with Crippen LogP contribution in [-0.2, 0) is 4.74 Å². The third-order valence-corrected chi connectivity index (χ3v) is 5.13. The van der Waals surface area contributed by atoms with Gasteiger partial charge in [-0.1, -0.05) is 6.07 Å². The Morgan fingerprint density at radius 1 is 1.26 bits per heavy atom. The van der Waals surface area contributed by atoms with Gasteiger partial charge < -0.3 is 4.74 Å². The van der Waals surface area contributed by atoms with E-state index in [9.17, 15) is 4.39 Å². The summed E-state index contributed by atoms with van der Waals surface area (Å²) in [6.07, 6.45) is 5.73. The highest BCUT2D eigenvalue weighted by Crippen LogP contribution is 2.20. The maximum absolute atomic E-state index is 13.3. The van der Waals surface area contributed by atoms with Crippen molar-refractivity contribution in [3.8, 4) is 11.3 Å². The van der Waals surface area contributed by atoms with Gasteiger partial charge in [0.25, 0.3) is 0 Å². The lowest BCUT2D eigenvalue weighted by Gasteiger charge is -2.05. The van der Waals surface area contributed by atoms with E-state index in [2.05, 4.69) is 10.1 Å². The van der Waals surface area contributed by atoms with E-state index in [1.807, 2.05) is 23.6 Å². The molecule has 1 aliphatic heterocycles. The minimum Gasteiger partial charge on any atom is -0.376 e. The van der Waals surface area contributed by atoms with Gasteiger partial charge in [-0.2, -0.15) is 5.10 Å². The van der Waals surface area contributed by atoms with Gasteiger partial charge in [-0.15, -0.1) is 11.3 Å². The topological polar surface area (TPSA) is 51.8 Å². The number of hydrogen-bond acceptors (Lipinski definition) is 5. The third-order valence-electron chi connectivity index (χ3n) is 4.27. The van der Waals surface area contributed by atoms with Crippen molar-refractivity contribution >= 4 is 17.6 Å². The van der Waals surface area contributed by atoms with Crippen molar-refractivity contribution in [3.63, 3.8) is 0 Å². The van der Waals surface area contributed by atoms with E-state index in [4.69, 9.17) is 9.73 Å². The third kappa shape index (κ3) is 4.37. The normalized spacial score (nSPS) is 17.8. The Kier molecular flexibility index (Phi) is 5.50. The second-order valence-corrected chi connectivity index (χ2v) is 7.03. The molecule has 7 heteroatoms. The van der Waals surface area contributed by atoms with Crippen LogP contribution in [-0.4, -0.2) is 35.1 Å². The van der Waals surface area contributed by atoms with E-state index in [1.54, 1.807) is 29.2 Å². The van der Waals surface area contributed by atoms with Gasteiger partial charge in [0, 0.05) is 23.7 Å². The number of rotatable bonds is 5. The average molecular weight is 382 g/mol. The monoisotopic (exact) mass is 382 g/mol. The molecule has 2 aromatic heterocycles. The molecular weight excluding hydrogens is 363 g/mol. The summed E-state index contributed by atoms with van der Waals surface area (Å²) in [7, 11) is 0. The van der Waals surface area contributed by atoms with Crippen LogP contribution in [0.25, 0.3) is 11.3 Å². The molecular formula is C20H19FN4OS. The van der Waals surface area contributed by atoms with Crippen LogP contribution >= 0.6 is 11.3 Å². The van der Waals surface area contributed by atoms with E-state index in [-0.39, 0.29) is 11.9 Å². The van der Waals surface area contributed by atoms with Crippen molar-refractivity contribution in [1.29, 1.82) is 0 Å². The van der Waals surface area contributed by atoms with Crippen LogP contribution < -0.4 is 4.80 Å². The number of aromatic nitrogens is 2. The highest BCUT2D eigenvalue weighted by atomic mass is 32.1. The predicted octanol–water partition coefficient (Wildman–Crippen LogP) is 3.71. The minimum atomic E-state index is -0.263. The summed E-state index contributed by atoms with van der Waals surface area (Å²) in [6, 6.07) is 12.0. The molecule has 1 saturated heterocycles. The lowest BCUT2D eigenvalue weighted by atomic mass is 10.2. The molecule has 1 aliphatic rings. The fourth-order valence-electron chi connectivity index (χ4n) is 2.88. The van der Waals surface area contributed by atoms with Crippen molar-refractivity contribution in [2.75, 3.05) is 13.2 Å². The molecule has 27 heavy (non-hydrogen) atoms. The van der Waals surface area contributed by atoms with Crippen molar-refractivity contribution < 1.29 is 9.13 Å². The van der Waals surface area contributed by atoms with Crippen molar-refractivity contribution in [2.24, 2.45) is 10.1 Å². The number of hydrogen-bond donors (Lipinski definition) is 0. The molecule has 4 rings (SSSR count). The Labute approximate surface area is 160 Å². The van der Waals surface area contributed by atoms with Crippen LogP contribution in [0.4, 0.5) is 4.39 Å². The lowest BCUT2D eigenvalue weighted by molar-refractivity contribution is 0.117. The number of thiazole rings is 1. The molecule has 0 radical (unpaired) electrons. The molecule has 0 bridgehead atoms. The van der Waals surface area contributed by atoms with Gasteiger partial charge >= 0.3 is 0 Å². The summed E-state index contributed by atoms with van der Waals surface area (Å²) in [6.45, 7) is 1.42. The molecule has 0 aliphatic carbocycles. The van der Waals surface area contributed by atoms with Gasteiger partial charge in [0.05, 0.1) is 30.3 Å². The number of nitrogens with zero attached hydrogens (tertiary/aromatic N) is 4. The van der Waals surface area contributed by atoms with Crippen LogP contribution in [0.2, 0.25) is 0 Å². The minimum absolute atomic E-state index is 0.176. The van der Waals surface area contributed by atoms with Crippen LogP contribution in [0.3, 0.4) is 0 Å². The molecule has 3 aromatic rings. The first-order valence-corrected chi connectivity index (χ1v) is 9.71. The molecule has 1 fully saturated rings. The van der Waals surface area contributed by atoms with E-state index < -0.39 is 0 Å². The SMILES string of the molecule is Fc1ccc(-c2csc(=NCC3CCCO3)n2/N=C/c2ccccn2)cc1. The number of benzene rings is 1. The van der Waals surface area contributed by atoms with Gasteiger partial charge in [0.2, 0.25) is 4.80 Å². The summed E-state index contributed by atoms with van der Waals surface area (Å²) >= 11 is 1.51. The molecule has 0 spiro atoms. The summed E-state index contributed by atoms with van der Waals surface area (Å²) in [5, 5.41) is 6.58. The Balaban J connectivity index is 1.71. The molecule has 1 unspecified atom stereocenters. The number of pyridine rings is 1. The van der Waals surface area contributed by atoms with E-state index in [1.165, 1.54) is 23.5 Å². The summed E-state index contributed by atoms with van der Waals surface area (Å²) < 4.78 is 20.7. The Hall–Kier alpha value is -2.64. The first-order valence-electron chi connectivity index (χ1n) is 8.83. The van der Waals surface area contributed by atoms with Gasteiger partial charge in [-0.05, 0) is 49.2 Å². The Morgan fingerprint density at radius 2 is 2.15 bits per heavy atom. The van der Waals surface area contributed by atoms with E-state index >= 15 is 0 Å². The van der Waals surface area contributed by atoms with Crippen molar-refractivity contribution in [3.05, 3.63) is 70.4 Å². The van der Waals surface area contributed by atoms with Gasteiger partial charge in [-0.25, -0.2) is 9.07 Å². The standard InChI is InChI=1S/C20H19FN4OS/c21-16-8-6-15(7-9-16)19-14-27-20(23-13-18-5-3-11-26-18)25(19)24-12-17-4-1-2-10-22-17/h1-2,4,6-10,12,14,18H,3,5,11,13H2/b23-20?,24-12+. The quantitative estimate of drug-likeness (QED) is 0.632. The molecule has 3 heterocycles. The summed E-state index contributed by atoms with van der Waals surface area (Å²) in [5.74, 6) is -0.263.